The molecular formula is C102H67BrN2. The van der Waals surface area contributed by atoms with Gasteiger partial charge in [-0.2, -0.15) is 0 Å². The molecule has 3 heteroatoms. The molecule has 0 saturated heterocycles. The van der Waals surface area contributed by atoms with E-state index in [2.05, 4.69) is 408 Å². The maximum absolute atomic E-state index is 3.59. The van der Waals surface area contributed by atoms with Crippen LogP contribution in [0.3, 0.4) is 0 Å². The van der Waals surface area contributed by atoms with E-state index >= 15 is 0 Å². The Hall–Kier alpha value is -12.9. The Morgan fingerprint density at radius 2 is 0.571 bits per heavy atom. The fourth-order valence-corrected chi connectivity index (χ4v) is 18.3. The largest absolute Gasteiger partial charge is 0.355 e. The van der Waals surface area contributed by atoms with Crippen molar-refractivity contribution in [3.05, 3.63) is 449 Å². The SMILES string of the molecule is Brc1ccc(-c2ccc3c(c2)C2(c4ccccc4-3)c3ccccc3-c3ccc4ccccc4c32)cc1.c1ccc(N(c2ccc(-c3ccc4c(c3)C3(c5ccccc5-4)c4ccccc4-c4ccc5ccccc5c43)cc2)c2cccc3ccccc23)cc1.c1ccc(Nc2cccc3ccccc23)cc1. The average Bonchev–Trinajstić information content (AvgIpc) is 1.51. The normalized spacial score (nSPS) is 14.8. The molecule has 0 saturated carbocycles. The molecule has 0 radical (unpaired) electrons. The third kappa shape index (κ3) is 9.84. The Bertz CT molecular complexity index is 6420. The second-order valence-corrected chi connectivity index (χ2v) is 28.8. The Kier molecular flexibility index (Phi) is 14.9. The van der Waals surface area contributed by atoms with Crippen molar-refractivity contribution in [2.45, 2.75) is 10.8 Å². The molecule has 105 heavy (non-hydrogen) atoms. The number of para-hydroxylation sites is 2. The number of hydrogen-bond donors (Lipinski definition) is 1. The predicted octanol–water partition coefficient (Wildman–Crippen LogP) is 27.7. The van der Waals surface area contributed by atoms with Gasteiger partial charge in [0, 0.05) is 38.0 Å². The maximum Gasteiger partial charge on any atom is 0.0731 e. The minimum absolute atomic E-state index is 0.343. The first-order valence-electron chi connectivity index (χ1n) is 36.2. The van der Waals surface area contributed by atoms with Gasteiger partial charge in [0.05, 0.1) is 16.5 Å². The zero-order valence-electron chi connectivity index (χ0n) is 57.4. The highest BCUT2D eigenvalue weighted by Crippen LogP contribution is 2.66. The molecule has 0 amide bonds. The van der Waals surface area contributed by atoms with Crippen LogP contribution in [-0.4, -0.2) is 0 Å². The summed E-state index contributed by atoms with van der Waals surface area (Å²) in [6.45, 7) is 0. The van der Waals surface area contributed by atoms with Gasteiger partial charge in [0.25, 0.3) is 0 Å². The number of nitrogens with one attached hydrogen (secondary N) is 1. The van der Waals surface area contributed by atoms with E-state index in [0.717, 1.165) is 27.2 Å². The Morgan fingerprint density at radius 3 is 1.08 bits per heavy atom. The lowest BCUT2D eigenvalue weighted by molar-refractivity contribution is 0.801. The topological polar surface area (TPSA) is 15.3 Å². The van der Waals surface area contributed by atoms with Crippen LogP contribution in [0.1, 0.15) is 44.5 Å². The van der Waals surface area contributed by atoms with Crippen LogP contribution in [0.2, 0.25) is 0 Å². The highest BCUT2D eigenvalue weighted by atomic mass is 79.9. The molecule has 1 N–H and O–H groups in total. The van der Waals surface area contributed by atoms with E-state index in [4.69, 9.17) is 0 Å². The smallest absolute Gasteiger partial charge is 0.0731 e. The number of nitrogens with zero attached hydrogens (tertiary/aromatic N) is 1. The van der Waals surface area contributed by atoms with Crippen LogP contribution in [0.5, 0.6) is 0 Å². The fraction of sp³-hybridized carbons (Fsp3) is 0.0196. The molecule has 0 heterocycles. The summed E-state index contributed by atoms with van der Waals surface area (Å²) >= 11 is 3.59. The highest BCUT2D eigenvalue weighted by Gasteiger charge is 2.54. The number of fused-ring (bicyclic) bond motifs is 26. The predicted molar refractivity (Wildman–Crippen MR) is 445 cm³/mol. The van der Waals surface area contributed by atoms with E-state index in [9.17, 15) is 0 Å². The van der Waals surface area contributed by atoms with E-state index in [0.29, 0.717) is 0 Å². The van der Waals surface area contributed by atoms with Crippen molar-refractivity contribution in [3.63, 3.8) is 0 Å². The van der Waals surface area contributed by atoms with E-state index in [-0.39, 0.29) is 5.41 Å². The van der Waals surface area contributed by atoms with Crippen LogP contribution in [0.4, 0.5) is 28.4 Å². The summed E-state index contributed by atoms with van der Waals surface area (Å²) in [6.07, 6.45) is 0. The van der Waals surface area contributed by atoms with Gasteiger partial charge in [-0.3, -0.25) is 0 Å². The Morgan fingerprint density at radius 1 is 0.229 bits per heavy atom. The number of hydrogen-bond acceptors (Lipinski definition) is 2. The minimum Gasteiger partial charge on any atom is -0.355 e. The van der Waals surface area contributed by atoms with Crippen molar-refractivity contribution < 1.29 is 0 Å². The highest BCUT2D eigenvalue weighted by molar-refractivity contribution is 9.10. The van der Waals surface area contributed by atoms with E-state index in [1.54, 1.807) is 0 Å². The first-order chi connectivity index (χ1) is 52.0. The van der Waals surface area contributed by atoms with Crippen LogP contribution in [-0.2, 0) is 10.8 Å². The van der Waals surface area contributed by atoms with E-state index in [1.807, 2.05) is 18.2 Å². The second-order valence-electron chi connectivity index (χ2n) is 27.9. The first-order valence-corrected chi connectivity index (χ1v) is 37.0. The van der Waals surface area contributed by atoms with Crippen LogP contribution < -0.4 is 10.2 Å². The van der Waals surface area contributed by atoms with Gasteiger partial charge in [0.1, 0.15) is 0 Å². The molecule has 492 valence electrons. The Balaban J connectivity index is 0.000000119. The molecule has 22 rings (SSSR count). The molecule has 2 unspecified atom stereocenters. The number of halogens is 1. The zero-order chi connectivity index (χ0) is 69.6. The molecular weight excluding hydrogens is 1330 g/mol. The molecule has 0 bridgehead atoms. The van der Waals surface area contributed by atoms with Crippen molar-refractivity contribution in [3.8, 4) is 66.8 Å². The third-order valence-electron chi connectivity index (χ3n) is 22.4. The van der Waals surface area contributed by atoms with Gasteiger partial charge < -0.3 is 10.2 Å². The van der Waals surface area contributed by atoms with Gasteiger partial charge in [-0.1, -0.05) is 344 Å². The number of benzene rings is 18. The van der Waals surface area contributed by atoms with E-state index in [1.165, 1.54) is 160 Å². The van der Waals surface area contributed by atoms with Crippen molar-refractivity contribution >= 4 is 87.5 Å². The first kappa shape index (κ1) is 61.9. The quantitative estimate of drug-likeness (QED) is 0.171. The Labute approximate surface area is 620 Å². The molecule has 18 aromatic rings. The van der Waals surface area contributed by atoms with Crippen LogP contribution in [0, 0.1) is 0 Å². The minimum atomic E-state index is -0.410. The molecule has 2 nitrogen and oxygen atoms in total. The molecule has 0 fully saturated rings. The molecule has 18 aromatic carbocycles. The zero-order valence-corrected chi connectivity index (χ0v) is 59.0. The lowest BCUT2D eigenvalue weighted by Gasteiger charge is -2.31. The summed E-state index contributed by atoms with van der Waals surface area (Å²) in [6, 6.07) is 146. The van der Waals surface area contributed by atoms with Crippen molar-refractivity contribution in [1.29, 1.82) is 0 Å². The summed E-state index contributed by atoms with van der Waals surface area (Å²) in [5.74, 6) is 0. The monoisotopic (exact) mass is 1400 g/mol. The van der Waals surface area contributed by atoms with Crippen molar-refractivity contribution in [2.75, 3.05) is 10.2 Å². The van der Waals surface area contributed by atoms with Crippen molar-refractivity contribution in [2.24, 2.45) is 0 Å². The van der Waals surface area contributed by atoms with Gasteiger partial charge in [-0.25, -0.2) is 0 Å². The molecule has 2 atom stereocenters. The number of anilines is 5. The van der Waals surface area contributed by atoms with Gasteiger partial charge in [-0.05, 0) is 216 Å². The lowest BCUT2D eigenvalue weighted by Crippen LogP contribution is -2.26. The standard InChI is InChI=1S/C51H33N.C35H21Br.C16H13N/c1-2-16-38(17-3-1)52(49-24-12-15-35-13-4-6-18-40(35)49)39-29-25-34(26-30-39)37-28-31-44-42-20-8-10-22-46(42)51(48(44)33-37)47-23-11-9-21-43(47)45-32-27-36-14-5-7-19-41(36)50(45)51;36-25-17-13-22(14-18-25)24-16-19-29-27-9-3-5-11-31(27)35(33(29)21-24)32-12-6-4-10-28(32)30-20-15-23-7-1-2-8-26(23)34(30)35;1-2-9-14(10-3-1)17-16-12-6-8-13-7-4-5-11-15(13)16/h1-33H;1-21H;1-12,17H. The maximum atomic E-state index is 3.59. The molecule has 4 aliphatic carbocycles. The summed E-state index contributed by atoms with van der Waals surface area (Å²) in [5, 5.41) is 13.6. The van der Waals surface area contributed by atoms with Gasteiger partial charge in [-0.15, -0.1) is 0 Å². The van der Waals surface area contributed by atoms with Gasteiger partial charge in [0.15, 0.2) is 0 Å². The van der Waals surface area contributed by atoms with Crippen LogP contribution in [0.15, 0.2) is 405 Å². The molecule has 4 aliphatic rings. The summed E-state index contributed by atoms with van der Waals surface area (Å²) in [7, 11) is 0. The van der Waals surface area contributed by atoms with Crippen LogP contribution in [0.25, 0.3) is 110 Å². The summed E-state index contributed by atoms with van der Waals surface area (Å²) in [4.78, 5) is 2.37. The average molecular weight is 1400 g/mol. The fourth-order valence-electron chi connectivity index (χ4n) is 18.1. The summed E-state index contributed by atoms with van der Waals surface area (Å²) < 4.78 is 1.10. The van der Waals surface area contributed by atoms with Gasteiger partial charge >= 0.3 is 0 Å². The van der Waals surface area contributed by atoms with Crippen LogP contribution >= 0.6 is 15.9 Å². The van der Waals surface area contributed by atoms with Crippen molar-refractivity contribution in [1.82, 2.24) is 0 Å². The molecule has 2 spiro atoms. The second kappa shape index (κ2) is 25.3. The van der Waals surface area contributed by atoms with Gasteiger partial charge in [0.2, 0.25) is 0 Å². The molecule has 0 aliphatic heterocycles. The third-order valence-corrected chi connectivity index (χ3v) is 23.0. The molecule has 0 aromatic heterocycles. The number of rotatable bonds is 7. The lowest BCUT2D eigenvalue weighted by atomic mass is 9.69. The van der Waals surface area contributed by atoms with E-state index < -0.39 is 5.41 Å². The summed E-state index contributed by atoms with van der Waals surface area (Å²) in [5.41, 5.74) is 31.6.